The van der Waals surface area contributed by atoms with Crippen LogP contribution in [0.3, 0.4) is 0 Å². The molecular formula is C14H20BrNO2. The van der Waals surface area contributed by atoms with Crippen LogP contribution in [-0.2, 0) is 4.79 Å². The molecule has 0 bridgehead atoms. The molecule has 0 saturated heterocycles. The standard InChI is InChI=1S/C14H20BrNO2/c1-9-6-11(7-10(2)13(9)15)18-8-12(17)16-14(3,4)5/h6-7H,8H2,1-5H3,(H,16,17). The summed E-state index contributed by atoms with van der Waals surface area (Å²) in [7, 11) is 0. The number of ether oxygens (including phenoxy) is 1. The summed E-state index contributed by atoms with van der Waals surface area (Å²) < 4.78 is 6.58. The van der Waals surface area contributed by atoms with Crippen molar-refractivity contribution < 1.29 is 9.53 Å². The molecule has 3 nitrogen and oxygen atoms in total. The highest BCUT2D eigenvalue weighted by Crippen LogP contribution is 2.26. The van der Waals surface area contributed by atoms with E-state index in [1.807, 2.05) is 46.8 Å². The van der Waals surface area contributed by atoms with E-state index < -0.39 is 0 Å². The van der Waals surface area contributed by atoms with Gasteiger partial charge in [0.25, 0.3) is 5.91 Å². The molecule has 1 rings (SSSR count). The molecule has 1 amide bonds. The monoisotopic (exact) mass is 313 g/mol. The van der Waals surface area contributed by atoms with Gasteiger partial charge < -0.3 is 10.1 Å². The van der Waals surface area contributed by atoms with Crippen LogP contribution in [0, 0.1) is 13.8 Å². The number of nitrogens with one attached hydrogen (secondary N) is 1. The van der Waals surface area contributed by atoms with E-state index in [1.165, 1.54) is 0 Å². The third-order valence-electron chi connectivity index (χ3n) is 2.29. The van der Waals surface area contributed by atoms with Crippen molar-refractivity contribution in [1.82, 2.24) is 5.32 Å². The summed E-state index contributed by atoms with van der Waals surface area (Å²) >= 11 is 3.50. The third-order valence-corrected chi connectivity index (χ3v) is 3.55. The lowest BCUT2D eigenvalue weighted by molar-refractivity contribution is -0.124. The summed E-state index contributed by atoms with van der Waals surface area (Å²) in [6.07, 6.45) is 0. The van der Waals surface area contributed by atoms with E-state index in [2.05, 4.69) is 21.2 Å². The van der Waals surface area contributed by atoms with Gasteiger partial charge in [0.05, 0.1) is 0 Å². The van der Waals surface area contributed by atoms with Crippen LogP contribution in [0.25, 0.3) is 0 Å². The first-order valence-electron chi connectivity index (χ1n) is 5.89. The van der Waals surface area contributed by atoms with Crippen molar-refractivity contribution in [2.75, 3.05) is 6.61 Å². The van der Waals surface area contributed by atoms with Crippen molar-refractivity contribution in [3.05, 3.63) is 27.7 Å². The fraction of sp³-hybridized carbons (Fsp3) is 0.500. The fourth-order valence-electron chi connectivity index (χ4n) is 1.59. The number of rotatable bonds is 3. The number of carbonyl (C=O) groups excluding carboxylic acids is 1. The summed E-state index contributed by atoms with van der Waals surface area (Å²) in [5.74, 6) is 0.609. The highest BCUT2D eigenvalue weighted by atomic mass is 79.9. The van der Waals surface area contributed by atoms with Crippen molar-refractivity contribution >= 4 is 21.8 Å². The van der Waals surface area contributed by atoms with Crippen LogP contribution in [0.15, 0.2) is 16.6 Å². The molecule has 18 heavy (non-hydrogen) atoms. The Balaban J connectivity index is 2.62. The molecular weight excluding hydrogens is 294 g/mol. The van der Waals surface area contributed by atoms with Gasteiger partial charge in [-0.3, -0.25) is 4.79 Å². The van der Waals surface area contributed by atoms with Gasteiger partial charge in [0.1, 0.15) is 5.75 Å². The Morgan fingerprint density at radius 2 is 1.78 bits per heavy atom. The molecule has 0 aliphatic heterocycles. The lowest BCUT2D eigenvalue weighted by Crippen LogP contribution is -2.43. The van der Waals surface area contributed by atoms with Gasteiger partial charge in [0.15, 0.2) is 6.61 Å². The second-order valence-electron chi connectivity index (χ2n) is 5.46. The molecule has 0 unspecified atom stereocenters. The Labute approximate surface area is 117 Å². The summed E-state index contributed by atoms with van der Waals surface area (Å²) in [4.78, 5) is 11.6. The van der Waals surface area contributed by atoms with Gasteiger partial charge in [-0.25, -0.2) is 0 Å². The zero-order valence-electron chi connectivity index (χ0n) is 11.6. The van der Waals surface area contributed by atoms with E-state index in [0.29, 0.717) is 0 Å². The first kappa shape index (κ1) is 15.0. The zero-order chi connectivity index (χ0) is 13.9. The molecule has 1 N–H and O–H groups in total. The van der Waals surface area contributed by atoms with E-state index in [9.17, 15) is 4.79 Å². The fourth-order valence-corrected chi connectivity index (χ4v) is 1.82. The van der Waals surface area contributed by atoms with Crippen LogP contribution in [0.5, 0.6) is 5.75 Å². The summed E-state index contributed by atoms with van der Waals surface area (Å²) in [5.41, 5.74) is 1.97. The summed E-state index contributed by atoms with van der Waals surface area (Å²) in [6.45, 7) is 9.87. The summed E-state index contributed by atoms with van der Waals surface area (Å²) in [5, 5.41) is 2.86. The van der Waals surface area contributed by atoms with E-state index >= 15 is 0 Å². The first-order valence-corrected chi connectivity index (χ1v) is 6.69. The van der Waals surface area contributed by atoms with Crippen LogP contribution in [0.4, 0.5) is 0 Å². The van der Waals surface area contributed by atoms with Gasteiger partial charge in [-0.05, 0) is 57.9 Å². The molecule has 1 aromatic rings. The average molecular weight is 314 g/mol. The number of aryl methyl sites for hydroxylation is 2. The van der Waals surface area contributed by atoms with E-state index in [0.717, 1.165) is 21.3 Å². The number of benzene rings is 1. The summed E-state index contributed by atoms with van der Waals surface area (Å²) in [6, 6.07) is 3.84. The largest absolute Gasteiger partial charge is 0.484 e. The van der Waals surface area contributed by atoms with Crippen molar-refractivity contribution in [3.63, 3.8) is 0 Å². The van der Waals surface area contributed by atoms with Crippen LogP contribution in [0.2, 0.25) is 0 Å². The van der Waals surface area contributed by atoms with Gasteiger partial charge in [0, 0.05) is 10.0 Å². The number of amides is 1. The number of hydrogen-bond acceptors (Lipinski definition) is 2. The second kappa shape index (κ2) is 5.74. The first-order chi connectivity index (χ1) is 8.19. The highest BCUT2D eigenvalue weighted by Gasteiger charge is 2.14. The molecule has 100 valence electrons. The molecule has 0 saturated carbocycles. The topological polar surface area (TPSA) is 38.3 Å². The Morgan fingerprint density at radius 1 is 1.28 bits per heavy atom. The SMILES string of the molecule is Cc1cc(OCC(=O)NC(C)(C)C)cc(C)c1Br. The quantitative estimate of drug-likeness (QED) is 0.929. The minimum Gasteiger partial charge on any atom is -0.484 e. The van der Waals surface area contributed by atoms with E-state index in [4.69, 9.17) is 4.74 Å². The Bertz CT molecular complexity index is 427. The molecule has 0 atom stereocenters. The van der Waals surface area contributed by atoms with E-state index in [1.54, 1.807) is 0 Å². The predicted molar refractivity (Wildman–Crippen MR) is 77.0 cm³/mol. The molecule has 0 fully saturated rings. The lowest BCUT2D eigenvalue weighted by Gasteiger charge is -2.20. The molecule has 0 aliphatic rings. The molecule has 4 heteroatoms. The minimum atomic E-state index is -0.230. The zero-order valence-corrected chi connectivity index (χ0v) is 13.1. The normalized spacial score (nSPS) is 11.2. The average Bonchev–Trinajstić information content (AvgIpc) is 2.20. The van der Waals surface area contributed by atoms with Gasteiger partial charge in [-0.2, -0.15) is 0 Å². The van der Waals surface area contributed by atoms with Crippen molar-refractivity contribution in [2.45, 2.75) is 40.2 Å². The highest BCUT2D eigenvalue weighted by molar-refractivity contribution is 9.10. The number of carbonyl (C=O) groups is 1. The maximum absolute atomic E-state index is 11.6. The lowest BCUT2D eigenvalue weighted by atomic mass is 10.1. The van der Waals surface area contributed by atoms with Crippen LogP contribution < -0.4 is 10.1 Å². The number of halogens is 1. The van der Waals surface area contributed by atoms with Gasteiger partial charge in [0.2, 0.25) is 0 Å². The Morgan fingerprint density at radius 3 is 2.22 bits per heavy atom. The van der Waals surface area contributed by atoms with Gasteiger partial charge >= 0.3 is 0 Å². The van der Waals surface area contributed by atoms with Crippen molar-refractivity contribution in [1.29, 1.82) is 0 Å². The Kier molecular flexibility index (Phi) is 4.79. The molecule has 0 radical (unpaired) electrons. The number of hydrogen-bond donors (Lipinski definition) is 1. The van der Waals surface area contributed by atoms with Crippen LogP contribution >= 0.6 is 15.9 Å². The second-order valence-corrected chi connectivity index (χ2v) is 6.25. The minimum absolute atomic E-state index is 0.0395. The van der Waals surface area contributed by atoms with Crippen molar-refractivity contribution in [2.24, 2.45) is 0 Å². The van der Waals surface area contributed by atoms with E-state index in [-0.39, 0.29) is 18.1 Å². The molecule has 0 aliphatic carbocycles. The molecule has 1 aromatic carbocycles. The Hall–Kier alpha value is -1.03. The van der Waals surface area contributed by atoms with Gasteiger partial charge in [-0.15, -0.1) is 0 Å². The maximum atomic E-state index is 11.6. The molecule has 0 spiro atoms. The predicted octanol–water partition coefficient (Wildman–Crippen LogP) is 3.36. The molecule has 0 aromatic heterocycles. The smallest absolute Gasteiger partial charge is 0.258 e. The van der Waals surface area contributed by atoms with Crippen LogP contribution in [-0.4, -0.2) is 18.1 Å². The van der Waals surface area contributed by atoms with Crippen LogP contribution in [0.1, 0.15) is 31.9 Å². The maximum Gasteiger partial charge on any atom is 0.258 e. The van der Waals surface area contributed by atoms with Crippen molar-refractivity contribution in [3.8, 4) is 5.75 Å². The third kappa shape index (κ3) is 4.69. The molecule has 0 heterocycles. The van der Waals surface area contributed by atoms with Gasteiger partial charge in [-0.1, -0.05) is 15.9 Å².